The average Bonchev–Trinajstić information content (AvgIpc) is 3.43. The van der Waals surface area contributed by atoms with Gasteiger partial charge in [-0.2, -0.15) is 0 Å². The second-order valence-corrected chi connectivity index (χ2v) is 12.2. The zero-order chi connectivity index (χ0) is 37.0. The van der Waals surface area contributed by atoms with Gasteiger partial charge in [-0.05, 0) is 34.6 Å². The van der Waals surface area contributed by atoms with Gasteiger partial charge in [-0.1, -0.05) is 0 Å². The number of aromatic amines is 1. The van der Waals surface area contributed by atoms with Crippen molar-refractivity contribution < 1.29 is 76.3 Å². The Bertz CT molecular complexity index is 1380. The molecule has 1 aliphatic rings. The monoisotopic (exact) mass is 726 g/mol. The fraction of sp³-hybridized carbons (Fsp3) is 0.714. The Hall–Kier alpha value is -3.49. The lowest BCUT2D eigenvalue weighted by Crippen LogP contribution is -2.49. The van der Waals surface area contributed by atoms with Crippen molar-refractivity contribution in [2.24, 2.45) is 10.8 Å². The molecule has 0 spiro atoms. The molecule has 3 atom stereocenters. The van der Waals surface area contributed by atoms with E-state index < -0.39 is 105 Å². The topological polar surface area (TPSA) is 275 Å². The van der Waals surface area contributed by atoms with Crippen molar-refractivity contribution in [2.75, 3.05) is 59.5 Å². The molecule has 0 radical (unpaired) electrons. The van der Waals surface area contributed by atoms with Gasteiger partial charge in [-0.3, -0.25) is 47.1 Å². The van der Waals surface area contributed by atoms with Gasteiger partial charge in [0.05, 0.1) is 65.6 Å². The first-order valence-corrected chi connectivity index (χ1v) is 16.7. The molecule has 0 amide bonds. The Morgan fingerprint density at radius 2 is 1.29 bits per heavy atom. The van der Waals surface area contributed by atoms with E-state index in [1.807, 2.05) is 0 Å². The highest BCUT2D eigenvalue weighted by atomic mass is 31.2. The van der Waals surface area contributed by atoms with Crippen molar-refractivity contribution in [3.05, 3.63) is 32.6 Å². The van der Waals surface area contributed by atoms with Crippen molar-refractivity contribution in [3.8, 4) is 0 Å². The van der Waals surface area contributed by atoms with Gasteiger partial charge in [-0.15, -0.1) is 0 Å². The molecular weight excluding hydrogens is 683 g/mol. The van der Waals surface area contributed by atoms with Crippen LogP contribution in [0.5, 0.6) is 0 Å². The second kappa shape index (κ2) is 18.5. The molecule has 4 N–H and O–H groups in total. The Morgan fingerprint density at radius 1 is 0.857 bits per heavy atom. The molecule has 2 heterocycles. The summed E-state index contributed by atoms with van der Waals surface area (Å²) in [4.78, 5) is 77.8. The number of phosphoric acid groups is 1. The van der Waals surface area contributed by atoms with Crippen LogP contribution in [-0.4, -0.2) is 120 Å². The standard InChI is InChI=1S/C28H43N2O18P/c1-6-41-22(35)27(13-31,23(36)42-7-2)15-46-49(40,47-16-28(14-32,24(37)43-8-3)25(38)44-9-4)45-12-19-18(33)10-20(48-19)30-11-17(5)21(34)29-26(30)39/h11,18-20,31-33H,6-10,12-16H2,1-5H3,(H,29,34,39)/t18-,19+,20+/m0/s1. The normalized spacial score (nSPS) is 18.2. The van der Waals surface area contributed by atoms with E-state index in [1.54, 1.807) is 0 Å². The number of ether oxygens (including phenoxy) is 5. The molecule has 49 heavy (non-hydrogen) atoms. The summed E-state index contributed by atoms with van der Waals surface area (Å²) in [6.45, 7) is 0.178. The van der Waals surface area contributed by atoms with E-state index in [1.165, 1.54) is 40.8 Å². The molecule has 21 heteroatoms. The van der Waals surface area contributed by atoms with Crippen LogP contribution in [0.25, 0.3) is 0 Å². The van der Waals surface area contributed by atoms with Crippen LogP contribution in [0, 0.1) is 17.8 Å². The van der Waals surface area contributed by atoms with Gasteiger partial charge in [-0.25, -0.2) is 9.36 Å². The SMILES string of the molecule is CCOC(=O)C(CO)(COP(=O)(OC[C@H]1O[C@@H](n2cc(C)c(=O)[nH]c2=O)C[C@@H]1O)OCC(CO)(C(=O)OCC)C(=O)OCC)C(=O)OCC. The van der Waals surface area contributed by atoms with Gasteiger partial charge < -0.3 is 39.0 Å². The summed E-state index contributed by atoms with van der Waals surface area (Å²) in [7, 11) is -5.23. The highest BCUT2D eigenvalue weighted by molar-refractivity contribution is 7.48. The van der Waals surface area contributed by atoms with Crippen LogP contribution in [0.15, 0.2) is 15.8 Å². The number of rotatable bonds is 20. The number of aromatic nitrogens is 2. The zero-order valence-corrected chi connectivity index (χ0v) is 28.6. The predicted octanol–water partition coefficient (Wildman–Crippen LogP) is -1.14. The predicted molar refractivity (Wildman–Crippen MR) is 162 cm³/mol. The number of esters is 4. The van der Waals surface area contributed by atoms with Gasteiger partial charge in [0, 0.05) is 18.2 Å². The van der Waals surface area contributed by atoms with E-state index in [0.29, 0.717) is 0 Å². The number of nitrogens with one attached hydrogen (secondary N) is 1. The van der Waals surface area contributed by atoms with Crippen LogP contribution in [0.3, 0.4) is 0 Å². The quantitative estimate of drug-likeness (QED) is 0.0535. The minimum Gasteiger partial charge on any atom is -0.465 e. The number of H-pyrrole nitrogens is 1. The third-order valence-electron chi connectivity index (χ3n) is 7.20. The second-order valence-electron chi connectivity index (χ2n) is 10.6. The van der Waals surface area contributed by atoms with Crippen molar-refractivity contribution >= 4 is 31.7 Å². The van der Waals surface area contributed by atoms with E-state index in [4.69, 9.17) is 37.3 Å². The fourth-order valence-corrected chi connectivity index (χ4v) is 5.63. The number of hydrogen-bond acceptors (Lipinski definition) is 18. The van der Waals surface area contributed by atoms with Crippen LogP contribution in [0.1, 0.15) is 45.9 Å². The molecule has 0 aliphatic carbocycles. The number of aryl methyl sites for hydroxylation is 1. The summed E-state index contributed by atoms with van der Waals surface area (Å²) in [6, 6.07) is 0. The van der Waals surface area contributed by atoms with Crippen LogP contribution in [0.2, 0.25) is 0 Å². The summed E-state index contributed by atoms with van der Waals surface area (Å²) in [6.07, 6.45) is -2.84. The van der Waals surface area contributed by atoms with Gasteiger partial charge in [0.25, 0.3) is 5.56 Å². The summed E-state index contributed by atoms with van der Waals surface area (Å²) in [5, 5.41) is 31.0. The molecular formula is C28H43N2O18P. The molecule has 0 bridgehead atoms. The van der Waals surface area contributed by atoms with Crippen LogP contribution >= 0.6 is 7.82 Å². The van der Waals surface area contributed by atoms with E-state index in [2.05, 4.69) is 4.98 Å². The van der Waals surface area contributed by atoms with Crippen LogP contribution in [0.4, 0.5) is 0 Å². The number of aliphatic hydroxyl groups excluding tert-OH is 3. The third kappa shape index (κ3) is 9.82. The van der Waals surface area contributed by atoms with E-state index in [9.17, 15) is 48.7 Å². The molecule has 1 aromatic rings. The number of hydrogen-bond donors (Lipinski definition) is 4. The lowest BCUT2D eigenvalue weighted by molar-refractivity contribution is -0.178. The number of nitrogens with zero attached hydrogens (tertiary/aromatic N) is 1. The number of phosphoric ester groups is 1. The number of aliphatic hydroxyl groups is 3. The Labute approximate surface area is 280 Å². The first-order chi connectivity index (χ1) is 23.1. The van der Waals surface area contributed by atoms with Crippen molar-refractivity contribution in [1.29, 1.82) is 0 Å². The smallest absolute Gasteiger partial charge is 0.465 e. The largest absolute Gasteiger partial charge is 0.474 e. The van der Waals surface area contributed by atoms with Gasteiger partial charge in [0.2, 0.25) is 10.8 Å². The molecule has 2 rings (SSSR count). The lowest BCUT2D eigenvalue weighted by Gasteiger charge is -2.31. The minimum atomic E-state index is -5.23. The lowest BCUT2D eigenvalue weighted by atomic mass is 9.90. The maximum Gasteiger partial charge on any atom is 0.474 e. The molecule has 0 unspecified atom stereocenters. The van der Waals surface area contributed by atoms with E-state index in [0.717, 1.165) is 4.57 Å². The number of carbonyl (C=O) groups is 4. The maximum atomic E-state index is 14.1. The average molecular weight is 727 g/mol. The molecule has 1 fully saturated rings. The molecule has 0 saturated carbocycles. The highest BCUT2D eigenvalue weighted by Crippen LogP contribution is 2.52. The molecule has 0 aromatic carbocycles. The molecule has 1 aromatic heterocycles. The van der Waals surface area contributed by atoms with Crippen molar-refractivity contribution in [1.82, 2.24) is 9.55 Å². The van der Waals surface area contributed by atoms with Gasteiger partial charge in [0.1, 0.15) is 12.3 Å². The maximum absolute atomic E-state index is 14.1. The summed E-state index contributed by atoms with van der Waals surface area (Å²) in [5.41, 5.74) is -6.56. The minimum absolute atomic E-state index is 0.162. The summed E-state index contributed by atoms with van der Waals surface area (Å²) in [5.74, 6) is -5.32. The summed E-state index contributed by atoms with van der Waals surface area (Å²) >= 11 is 0. The van der Waals surface area contributed by atoms with Crippen LogP contribution < -0.4 is 11.2 Å². The van der Waals surface area contributed by atoms with Gasteiger partial charge in [0.15, 0.2) is 0 Å². The number of carbonyl (C=O) groups excluding carboxylic acids is 4. The molecule has 1 aliphatic heterocycles. The Kier molecular flexibility index (Phi) is 15.7. The van der Waals surface area contributed by atoms with Crippen LogP contribution in [-0.2, 0) is 61.0 Å². The van der Waals surface area contributed by atoms with E-state index >= 15 is 0 Å². The molecule has 20 nitrogen and oxygen atoms in total. The third-order valence-corrected chi connectivity index (χ3v) is 8.56. The molecule has 278 valence electrons. The van der Waals surface area contributed by atoms with Crippen molar-refractivity contribution in [2.45, 2.75) is 59.5 Å². The van der Waals surface area contributed by atoms with Gasteiger partial charge >= 0.3 is 37.4 Å². The first-order valence-electron chi connectivity index (χ1n) is 15.2. The summed E-state index contributed by atoms with van der Waals surface area (Å²) < 4.78 is 56.5. The molecule has 1 saturated heterocycles. The van der Waals surface area contributed by atoms with E-state index in [-0.39, 0.29) is 38.4 Å². The Balaban J connectivity index is 2.48. The highest BCUT2D eigenvalue weighted by Gasteiger charge is 2.54. The fourth-order valence-electron chi connectivity index (χ4n) is 4.32. The zero-order valence-electron chi connectivity index (χ0n) is 27.7. The van der Waals surface area contributed by atoms with Crippen molar-refractivity contribution in [3.63, 3.8) is 0 Å². The Morgan fingerprint density at radius 3 is 1.67 bits per heavy atom. The first kappa shape index (κ1) is 41.7.